The van der Waals surface area contributed by atoms with Gasteiger partial charge in [-0.05, 0) is 23.3 Å². The van der Waals surface area contributed by atoms with Gasteiger partial charge in [-0.2, -0.15) is 0 Å². The summed E-state index contributed by atoms with van der Waals surface area (Å²) in [6, 6.07) is 4.11. The van der Waals surface area contributed by atoms with Gasteiger partial charge in [0.05, 0.1) is 0 Å². The van der Waals surface area contributed by atoms with Crippen LogP contribution >= 0.6 is 11.8 Å². The molecule has 0 aliphatic heterocycles. The fourth-order valence-electron chi connectivity index (χ4n) is 1.10. The second kappa shape index (κ2) is 5.32. The maximum Gasteiger partial charge on any atom is 0.211 e. The third kappa shape index (κ3) is 3.27. The number of thioether (sulfide) groups is 1. The molecule has 0 saturated heterocycles. The molecule has 0 spiro atoms. The van der Waals surface area contributed by atoms with Crippen LogP contribution in [0.5, 0.6) is 0 Å². The first-order chi connectivity index (χ1) is 6.63. The number of aromatic nitrogens is 1. The SMILES string of the molecule is CCS/C([S-])=N/[n+]1ccc(C)cc1C. The molecule has 76 valence electrons. The van der Waals surface area contributed by atoms with Gasteiger partial charge in [-0.15, -0.1) is 11.8 Å². The van der Waals surface area contributed by atoms with E-state index in [0.29, 0.717) is 4.38 Å². The van der Waals surface area contributed by atoms with E-state index < -0.39 is 0 Å². The molecule has 0 aromatic carbocycles. The highest BCUT2D eigenvalue weighted by atomic mass is 32.2. The lowest BCUT2D eigenvalue weighted by atomic mass is 10.2. The molecule has 0 aliphatic rings. The number of aryl methyl sites for hydroxylation is 2. The number of pyridine rings is 1. The minimum absolute atomic E-state index is 0.685. The molecule has 0 atom stereocenters. The van der Waals surface area contributed by atoms with Gasteiger partial charge >= 0.3 is 0 Å². The van der Waals surface area contributed by atoms with Crippen molar-refractivity contribution in [3.63, 3.8) is 0 Å². The van der Waals surface area contributed by atoms with Crippen molar-refractivity contribution >= 4 is 28.8 Å². The Morgan fingerprint density at radius 2 is 2.29 bits per heavy atom. The van der Waals surface area contributed by atoms with Crippen LogP contribution in [-0.2, 0) is 12.6 Å². The molecule has 1 aromatic rings. The van der Waals surface area contributed by atoms with E-state index in [4.69, 9.17) is 12.6 Å². The molecule has 0 amide bonds. The van der Waals surface area contributed by atoms with Crippen molar-refractivity contribution < 1.29 is 4.68 Å². The van der Waals surface area contributed by atoms with E-state index in [1.54, 1.807) is 11.8 Å². The first-order valence-electron chi connectivity index (χ1n) is 4.51. The summed E-state index contributed by atoms with van der Waals surface area (Å²) in [6.45, 7) is 6.16. The monoisotopic (exact) mass is 226 g/mol. The van der Waals surface area contributed by atoms with Crippen molar-refractivity contribution in [2.24, 2.45) is 5.10 Å². The zero-order valence-electron chi connectivity index (χ0n) is 8.65. The van der Waals surface area contributed by atoms with Crippen LogP contribution in [0.1, 0.15) is 18.2 Å². The van der Waals surface area contributed by atoms with Gasteiger partial charge < -0.3 is 12.6 Å². The van der Waals surface area contributed by atoms with E-state index >= 15 is 0 Å². The highest BCUT2D eigenvalue weighted by Gasteiger charge is 2.03. The van der Waals surface area contributed by atoms with Gasteiger partial charge in [0.1, 0.15) is 0 Å². The fourth-order valence-corrected chi connectivity index (χ4v) is 1.94. The Labute approximate surface area is 94.8 Å². The highest BCUT2D eigenvalue weighted by molar-refractivity contribution is 8.27. The summed E-state index contributed by atoms with van der Waals surface area (Å²) in [5.41, 5.74) is 2.34. The third-order valence-electron chi connectivity index (χ3n) is 1.73. The summed E-state index contributed by atoms with van der Waals surface area (Å²) in [6.07, 6.45) is 1.94. The minimum Gasteiger partial charge on any atom is -0.747 e. The summed E-state index contributed by atoms with van der Waals surface area (Å²) in [5.74, 6) is 0.966. The molecule has 14 heavy (non-hydrogen) atoms. The van der Waals surface area contributed by atoms with Crippen molar-refractivity contribution in [2.45, 2.75) is 20.8 Å². The Morgan fingerprint density at radius 3 is 2.86 bits per heavy atom. The van der Waals surface area contributed by atoms with Crippen LogP contribution in [0.15, 0.2) is 23.4 Å². The van der Waals surface area contributed by atoms with Crippen LogP contribution in [-0.4, -0.2) is 10.1 Å². The normalized spacial score (nSPS) is 11.8. The number of hydrogen-bond donors (Lipinski definition) is 0. The summed E-state index contributed by atoms with van der Waals surface area (Å²) in [5, 5.41) is 4.30. The van der Waals surface area contributed by atoms with Crippen LogP contribution in [0.25, 0.3) is 0 Å². The molecule has 0 saturated carbocycles. The molecule has 4 heteroatoms. The molecule has 0 radical (unpaired) electrons. The van der Waals surface area contributed by atoms with Gasteiger partial charge in [-0.3, -0.25) is 0 Å². The van der Waals surface area contributed by atoms with Crippen molar-refractivity contribution in [2.75, 3.05) is 5.75 Å². The van der Waals surface area contributed by atoms with Gasteiger partial charge in [0, 0.05) is 23.4 Å². The lowest BCUT2D eigenvalue weighted by Crippen LogP contribution is -2.31. The Kier molecular flexibility index (Phi) is 4.35. The average Bonchev–Trinajstić information content (AvgIpc) is 2.10. The quantitative estimate of drug-likeness (QED) is 0.332. The molecule has 1 rings (SSSR count). The lowest BCUT2D eigenvalue weighted by molar-refractivity contribution is -0.684. The Hall–Kier alpha value is -0.610. The van der Waals surface area contributed by atoms with Crippen molar-refractivity contribution in [1.29, 1.82) is 0 Å². The van der Waals surface area contributed by atoms with E-state index in [1.165, 1.54) is 5.56 Å². The van der Waals surface area contributed by atoms with E-state index in [9.17, 15) is 0 Å². The maximum atomic E-state index is 5.10. The summed E-state index contributed by atoms with van der Waals surface area (Å²) in [7, 11) is 0. The summed E-state index contributed by atoms with van der Waals surface area (Å²) in [4.78, 5) is 0. The van der Waals surface area contributed by atoms with Gasteiger partial charge in [-0.25, -0.2) is 0 Å². The lowest BCUT2D eigenvalue weighted by Gasteiger charge is -2.04. The third-order valence-corrected chi connectivity index (χ3v) is 2.79. The van der Waals surface area contributed by atoms with E-state index in [0.717, 1.165) is 11.4 Å². The molecular formula is C10H14N2S2. The van der Waals surface area contributed by atoms with Crippen LogP contribution in [0.3, 0.4) is 0 Å². The molecule has 0 aliphatic carbocycles. The van der Waals surface area contributed by atoms with Gasteiger partial charge in [0.25, 0.3) is 0 Å². The summed E-state index contributed by atoms with van der Waals surface area (Å²) >= 11 is 6.69. The van der Waals surface area contributed by atoms with E-state index in [1.807, 2.05) is 23.9 Å². The molecule has 1 heterocycles. The molecule has 0 N–H and O–H groups in total. The minimum atomic E-state index is 0.685. The van der Waals surface area contributed by atoms with E-state index in [2.05, 4.69) is 25.0 Å². The van der Waals surface area contributed by atoms with Crippen LogP contribution < -0.4 is 4.68 Å². The number of rotatable bonds is 2. The predicted molar refractivity (Wildman–Crippen MR) is 64.4 cm³/mol. The average molecular weight is 226 g/mol. The number of hydrogen-bond acceptors (Lipinski definition) is 3. The first kappa shape index (κ1) is 11.5. The molecule has 0 bridgehead atoms. The smallest absolute Gasteiger partial charge is 0.211 e. The van der Waals surface area contributed by atoms with Gasteiger partial charge in [0.15, 0.2) is 0 Å². The second-order valence-corrected chi connectivity index (χ2v) is 4.89. The predicted octanol–water partition coefficient (Wildman–Crippen LogP) is 2.01. The standard InChI is InChI=1S/C10H14N2S2/c1-4-14-10(13)11-12-6-5-8(2)7-9(12)3/h5-7H,4H2,1-3H3. The van der Waals surface area contributed by atoms with Crippen LogP contribution in [0.4, 0.5) is 0 Å². The molecule has 1 aromatic heterocycles. The number of nitrogens with zero attached hydrogens (tertiary/aromatic N) is 2. The summed E-state index contributed by atoms with van der Waals surface area (Å²) < 4.78 is 2.50. The Morgan fingerprint density at radius 1 is 1.57 bits per heavy atom. The van der Waals surface area contributed by atoms with Crippen molar-refractivity contribution in [3.05, 3.63) is 29.6 Å². The first-order valence-corrected chi connectivity index (χ1v) is 5.90. The van der Waals surface area contributed by atoms with Crippen molar-refractivity contribution in [1.82, 2.24) is 0 Å². The highest BCUT2D eigenvalue weighted by Crippen LogP contribution is 2.01. The van der Waals surface area contributed by atoms with Gasteiger partial charge in [-0.1, -0.05) is 11.6 Å². The zero-order valence-corrected chi connectivity index (χ0v) is 10.3. The van der Waals surface area contributed by atoms with Crippen molar-refractivity contribution in [3.8, 4) is 0 Å². The fraction of sp³-hybridized carbons (Fsp3) is 0.400. The Bertz CT molecular complexity index is 348. The zero-order chi connectivity index (χ0) is 10.6. The van der Waals surface area contributed by atoms with Crippen LogP contribution in [0, 0.1) is 13.8 Å². The molecular weight excluding hydrogens is 212 g/mol. The van der Waals surface area contributed by atoms with Crippen LogP contribution in [0.2, 0.25) is 0 Å². The molecule has 0 fully saturated rings. The second-order valence-electron chi connectivity index (χ2n) is 2.99. The Balaban J connectivity index is 2.91. The molecule has 2 nitrogen and oxygen atoms in total. The largest absolute Gasteiger partial charge is 0.747 e. The topological polar surface area (TPSA) is 16.2 Å². The van der Waals surface area contributed by atoms with Gasteiger partial charge in [0.2, 0.25) is 11.9 Å². The van der Waals surface area contributed by atoms with E-state index in [-0.39, 0.29) is 0 Å². The molecule has 0 unspecified atom stereocenters. The maximum absolute atomic E-state index is 5.10.